The molecule has 4 rings (SSSR count). The first kappa shape index (κ1) is 24.7. The van der Waals surface area contributed by atoms with Crippen LogP contribution in [-0.2, 0) is 0 Å². The van der Waals surface area contributed by atoms with Crippen LogP contribution in [0, 0.1) is 20.8 Å². The van der Waals surface area contributed by atoms with Crippen LogP contribution in [0.5, 0.6) is 0 Å². The fourth-order valence-corrected chi connectivity index (χ4v) is 4.98. The lowest BCUT2D eigenvalue weighted by Gasteiger charge is -2.21. The van der Waals surface area contributed by atoms with Crippen molar-refractivity contribution in [3.63, 3.8) is 0 Å². The number of hydrogen-bond acceptors (Lipinski definition) is 4. The summed E-state index contributed by atoms with van der Waals surface area (Å²) in [5.41, 5.74) is 7.06. The molecule has 0 spiro atoms. The summed E-state index contributed by atoms with van der Waals surface area (Å²) in [6, 6.07) is 19.8. The molecule has 0 aliphatic heterocycles. The van der Waals surface area contributed by atoms with Crippen LogP contribution in [0.3, 0.4) is 0 Å². The molecule has 0 atom stereocenters. The minimum Gasteiger partial charge on any atom is -0.437 e. The van der Waals surface area contributed by atoms with Gasteiger partial charge in [-0.15, -0.1) is 0 Å². The molecule has 1 N–H and O–H groups in total. The quantitative estimate of drug-likeness (QED) is 0.281. The topological polar surface area (TPSA) is 57.8 Å². The Kier molecular flexibility index (Phi) is 7.41. The molecule has 6 heteroatoms. The Labute approximate surface area is 214 Å². The fourth-order valence-electron chi connectivity index (χ4n) is 4.21. The van der Waals surface area contributed by atoms with Gasteiger partial charge < -0.3 is 14.6 Å². The van der Waals surface area contributed by atoms with Crippen molar-refractivity contribution in [2.45, 2.75) is 34.6 Å². The van der Waals surface area contributed by atoms with Crippen molar-refractivity contribution < 1.29 is 9.21 Å². The van der Waals surface area contributed by atoms with Gasteiger partial charge in [0.2, 0.25) is 5.55 Å². The maximum atomic E-state index is 13.5. The molecule has 5 nitrogen and oxygen atoms in total. The van der Waals surface area contributed by atoms with Crippen LogP contribution >= 0.6 is 15.9 Å². The van der Waals surface area contributed by atoms with Crippen molar-refractivity contribution in [1.82, 2.24) is 0 Å². The van der Waals surface area contributed by atoms with Gasteiger partial charge in [0.05, 0.1) is 11.4 Å². The molecule has 0 aliphatic rings. The van der Waals surface area contributed by atoms with Gasteiger partial charge in [0.1, 0.15) is 11.1 Å². The molecule has 0 radical (unpaired) electrons. The lowest BCUT2D eigenvalue weighted by Crippen LogP contribution is -2.23. The lowest BCUT2D eigenvalue weighted by atomic mass is 10.1. The maximum absolute atomic E-state index is 13.5. The Balaban J connectivity index is 1.87. The molecule has 1 heterocycles. The zero-order valence-electron chi connectivity index (χ0n) is 20.8. The molecule has 0 unspecified atom stereocenters. The monoisotopic (exact) mass is 531 g/mol. The minimum absolute atomic E-state index is 0.275. The number of fused-ring (bicyclic) bond motifs is 1. The minimum atomic E-state index is -0.275. The fraction of sp³-hybridized carbons (Fsp3) is 0.241. The third-order valence-electron chi connectivity index (χ3n) is 6.01. The Bertz CT molecular complexity index is 1450. The van der Waals surface area contributed by atoms with E-state index < -0.39 is 0 Å². The van der Waals surface area contributed by atoms with Crippen molar-refractivity contribution in [1.29, 1.82) is 0 Å². The predicted molar refractivity (Wildman–Crippen MR) is 148 cm³/mol. The van der Waals surface area contributed by atoms with Crippen LogP contribution in [0.15, 0.2) is 74.5 Å². The summed E-state index contributed by atoms with van der Waals surface area (Å²) in [6.07, 6.45) is 0. The van der Waals surface area contributed by atoms with Gasteiger partial charge in [-0.05, 0) is 104 Å². The number of benzene rings is 3. The molecular formula is C29H30BrN3O2. The van der Waals surface area contributed by atoms with Crippen molar-refractivity contribution in [3.8, 4) is 0 Å². The molecular weight excluding hydrogens is 502 g/mol. The Morgan fingerprint density at radius 3 is 2.43 bits per heavy atom. The molecule has 0 fully saturated rings. The second-order valence-electron chi connectivity index (χ2n) is 8.70. The van der Waals surface area contributed by atoms with Gasteiger partial charge in [0.25, 0.3) is 5.91 Å². The molecule has 0 saturated carbocycles. The highest BCUT2D eigenvalue weighted by atomic mass is 79.9. The van der Waals surface area contributed by atoms with E-state index in [1.165, 1.54) is 0 Å². The number of amides is 1. The van der Waals surface area contributed by atoms with Gasteiger partial charge in [-0.3, -0.25) is 4.79 Å². The number of carbonyl (C=O) groups excluding carboxylic acids is 1. The summed E-state index contributed by atoms with van der Waals surface area (Å²) in [5, 5.41) is 3.90. The third kappa shape index (κ3) is 5.49. The molecule has 0 aliphatic carbocycles. The van der Waals surface area contributed by atoms with Crippen LogP contribution in [0.25, 0.3) is 11.0 Å². The second-order valence-corrected chi connectivity index (χ2v) is 9.56. The molecule has 180 valence electrons. The summed E-state index contributed by atoms with van der Waals surface area (Å²) in [6.45, 7) is 12.1. The van der Waals surface area contributed by atoms with E-state index in [4.69, 9.17) is 9.41 Å². The van der Waals surface area contributed by atoms with Gasteiger partial charge in [-0.2, -0.15) is 0 Å². The third-order valence-corrected chi connectivity index (χ3v) is 6.64. The largest absolute Gasteiger partial charge is 0.437 e. The molecule has 0 saturated heterocycles. The van der Waals surface area contributed by atoms with Crippen LogP contribution in [0.1, 0.15) is 40.9 Å². The first-order chi connectivity index (χ1) is 16.8. The zero-order chi connectivity index (χ0) is 25.1. The molecule has 0 bridgehead atoms. The van der Waals surface area contributed by atoms with Gasteiger partial charge in [0.15, 0.2) is 0 Å². The average molecular weight is 532 g/mol. The summed E-state index contributed by atoms with van der Waals surface area (Å²) >= 11 is 3.59. The SMILES string of the molecule is CCN(CC)c1ccc2cc(C(=O)Nc3c(C)cc(C)cc3Br)c(=Nc3cccc(C)c3)oc2c1. The first-order valence-electron chi connectivity index (χ1n) is 11.8. The van der Waals surface area contributed by atoms with Crippen molar-refractivity contribution in [2.75, 3.05) is 23.3 Å². The summed E-state index contributed by atoms with van der Waals surface area (Å²) in [7, 11) is 0. The van der Waals surface area contributed by atoms with Crippen LogP contribution < -0.4 is 15.8 Å². The molecule has 1 aromatic heterocycles. The number of carbonyl (C=O) groups is 1. The number of nitrogens with one attached hydrogen (secondary N) is 1. The normalized spacial score (nSPS) is 11.7. The van der Waals surface area contributed by atoms with E-state index in [1.54, 1.807) is 0 Å². The van der Waals surface area contributed by atoms with Gasteiger partial charge >= 0.3 is 0 Å². The molecule has 35 heavy (non-hydrogen) atoms. The van der Waals surface area contributed by atoms with Crippen LogP contribution in [0.2, 0.25) is 0 Å². The zero-order valence-corrected chi connectivity index (χ0v) is 22.4. The van der Waals surface area contributed by atoms with E-state index in [0.717, 1.165) is 56.7 Å². The highest BCUT2D eigenvalue weighted by Crippen LogP contribution is 2.29. The van der Waals surface area contributed by atoms with Crippen molar-refractivity contribution >= 4 is 49.9 Å². The van der Waals surface area contributed by atoms with E-state index in [1.807, 2.05) is 75.4 Å². The van der Waals surface area contributed by atoms with Gasteiger partial charge in [-0.25, -0.2) is 4.99 Å². The summed E-state index contributed by atoms with van der Waals surface area (Å²) in [4.78, 5) is 20.5. The number of nitrogens with zero attached hydrogens (tertiary/aromatic N) is 2. The van der Waals surface area contributed by atoms with E-state index in [9.17, 15) is 4.79 Å². The Morgan fingerprint density at radius 1 is 0.971 bits per heavy atom. The van der Waals surface area contributed by atoms with E-state index in [-0.39, 0.29) is 11.5 Å². The summed E-state index contributed by atoms with van der Waals surface area (Å²) < 4.78 is 7.12. The standard InChI is InChI=1S/C29H30BrN3O2/c1-6-33(7-2)23-12-11-21-16-24(28(34)32-27-20(5)13-19(4)15-25(27)30)29(35-26(21)17-23)31-22-10-8-9-18(3)14-22/h8-17H,6-7H2,1-5H3,(H,32,34). The van der Waals surface area contributed by atoms with Crippen LogP contribution in [-0.4, -0.2) is 19.0 Å². The number of rotatable bonds is 6. The smallest absolute Gasteiger partial charge is 0.261 e. The van der Waals surface area contributed by atoms with E-state index >= 15 is 0 Å². The molecule has 4 aromatic rings. The van der Waals surface area contributed by atoms with Crippen LogP contribution in [0.4, 0.5) is 17.1 Å². The Hall–Kier alpha value is -3.38. The van der Waals surface area contributed by atoms with E-state index in [2.05, 4.69) is 46.1 Å². The number of aryl methyl sites for hydroxylation is 3. The number of anilines is 2. The number of halogens is 1. The average Bonchev–Trinajstić information content (AvgIpc) is 2.81. The lowest BCUT2D eigenvalue weighted by molar-refractivity contribution is 0.102. The predicted octanol–water partition coefficient (Wildman–Crippen LogP) is 7.45. The van der Waals surface area contributed by atoms with E-state index in [0.29, 0.717) is 11.1 Å². The number of hydrogen-bond donors (Lipinski definition) is 1. The Morgan fingerprint density at radius 2 is 1.74 bits per heavy atom. The molecule has 3 aromatic carbocycles. The highest BCUT2D eigenvalue weighted by Gasteiger charge is 2.17. The maximum Gasteiger partial charge on any atom is 0.261 e. The second kappa shape index (κ2) is 10.5. The van der Waals surface area contributed by atoms with Crippen molar-refractivity contribution in [2.24, 2.45) is 4.99 Å². The van der Waals surface area contributed by atoms with Gasteiger partial charge in [-0.1, -0.05) is 18.2 Å². The van der Waals surface area contributed by atoms with Gasteiger partial charge in [0, 0.05) is 34.7 Å². The molecule has 1 amide bonds. The first-order valence-corrected chi connectivity index (χ1v) is 12.6. The summed E-state index contributed by atoms with van der Waals surface area (Å²) in [5.74, 6) is -0.275. The van der Waals surface area contributed by atoms with Crippen molar-refractivity contribution in [3.05, 3.63) is 92.9 Å². The highest BCUT2D eigenvalue weighted by molar-refractivity contribution is 9.10.